The topological polar surface area (TPSA) is 87.9 Å². The summed E-state index contributed by atoms with van der Waals surface area (Å²) < 4.78 is 0. The fourth-order valence-electron chi connectivity index (χ4n) is 6.16. The Balaban J connectivity index is 1.27. The molecule has 0 aromatic heterocycles. The molecule has 0 spiro atoms. The predicted molar refractivity (Wildman–Crippen MR) is 157 cm³/mol. The van der Waals surface area contributed by atoms with E-state index in [9.17, 15) is 20.0 Å². The van der Waals surface area contributed by atoms with Gasteiger partial charge in [0.25, 0.3) is 5.91 Å². The van der Waals surface area contributed by atoms with Crippen molar-refractivity contribution in [2.75, 3.05) is 42.5 Å². The Labute approximate surface area is 236 Å². The normalized spacial score (nSPS) is 17.9. The average Bonchev–Trinajstić information content (AvgIpc) is 2.98. The van der Waals surface area contributed by atoms with Crippen molar-refractivity contribution in [2.45, 2.75) is 39.2 Å². The molecule has 1 N–H and O–H groups in total. The summed E-state index contributed by atoms with van der Waals surface area (Å²) in [4.78, 5) is 31.8. The highest BCUT2D eigenvalue weighted by molar-refractivity contribution is 5.96. The lowest BCUT2D eigenvalue weighted by molar-refractivity contribution is -0.139. The molecule has 3 aromatic rings. The van der Waals surface area contributed by atoms with Crippen molar-refractivity contribution >= 4 is 23.3 Å². The molecular formula is C33H36N4O3. The first-order chi connectivity index (χ1) is 19.4. The van der Waals surface area contributed by atoms with Crippen LogP contribution >= 0.6 is 0 Å². The number of carbonyl (C=O) groups excluding carboxylic acids is 1. The van der Waals surface area contributed by atoms with Crippen molar-refractivity contribution in [3.05, 3.63) is 94.5 Å². The third-order valence-electron chi connectivity index (χ3n) is 8.44. The van der Waals surface area contributed by atoms with Gasteiger partial charge in [-0.1, -0.05) is 36.4 Å². The van der Waals surface area contributed by atoms with Crippen molar-refractivity contribution < 1.29 is 14.7 Å². The van der Waals surface area contributed by atoms with Gasteiger partial charge in [-0.3, -0.25) is 4.79 Å². The van der Waals surface area contributed by atoms with Crippen LogP contribution in [0.25, 0.3) is 0 Å². The summed E-state index contributed by atoms with van der Waals surface area (Å²) in [5, 5.41) is 19.5. The van der Waals surface area contributed by atoms with Crippen LogP contribution in [0.1, 0.15) is 45.5 Å². The van der Waals surface area contributed by atoms with Crippen molar-refractivity contribution in [3.63, 3.8) is 0 Å². The monoisotopic (exact) mass is 536 g/mol. The van der Waals surface area contributed by atoms with Gasteiger partial charge < -0.3 is 19.8 Å². The molecule has 1 unspecified atom stereocenters. The van der Waals surface area contributed by atoms with Crippen molar-refractivity contribution in [3.8, 4) is 6.07 Å². The Hall–Kier alpha value is -4.31. The number of nitriles is 1. The van der Waals surface area contributed by atoms with E-state index in [1.54, 1.807) is 4.90 Å². The van der Waals surface area contributed by atoms with E-state index in [-0.39, 0.29) is 12.5 Å². The van der Waals surface area contributed by atoms with Gasteiger partial charge in [0.2, 0.25) is 0 Å². The second-order valence-electron chi connectivity index (χ2n) is 11.0. The minimum absolute atomic E-state index is 0.0966. The van der Waals surface area contributed by atoms with Gasteiger partial charge >= 0.3 is 5.97 Å². The number of amides is 1. The second kappa shape index (κ2) is 11.8. The highest BCUT2D eigenvalue weighted by Crippen LogP contribution is 2.30. The van der Waals surface area contributed by atoms with E-state index in [4.69, 9.17) is 0 Å². The van der Waals surface area contributed by atoms with E-state index in [2.05, 4.69) is 24.0 Å². The van der Waals surface area contributed by atoms with Gasteiger partial charge in [-0.25, -0.2) is 4.79 Å². The predicted octanol–water partition coefficient (Wildman–Crippen LogP) is 5.05. The molecule has 2 aliphatic heterocycles. The zero-order valence-electron chi connectivity index (χ0n) is 23.2. The van der Waals surface area contributed by atoms with Crippen molar-refractivity contribution in [1.29, 1.82) is 5.26 Å². The first-order valence-corrected chi connectivity index (χ1v) is 14.0. The number of aryl methyl sites for hydroxylation is 2. The number of piperidine rings is 1. The summed E-state index contributed by atoms with van der Waals surface area (Å²) in [6.45, 7) is 6.97. The van der Waals surface area contributed by atoms with E-state index >= 15 is 0 Å². The van der Waals surface area contributed by atoms with Gasteiger partial charge in [0.15, 0.2) is 0 Å². The lowest BCUT2D eigenvalue weighted by Crippen LogP contribution is -2.58. The molecule has 0 bridgehead atoms. The largest absolute Gasteiger partial charge is 0.480 e. The minimum atomic E-state index is -0.925. The first kappa shape index (κ1) is 27.3. The Morgan fingerprint density at radius 3 is 2.33 bits per heavy atom. The Bertz CT molecular complexity index is 1420. The molecule has 5 rings (SSSR count). The van der Waals surface area contributed by atoms with Crippen LogP contribution in [-0.2, 0) is 11.2 Å². The zero-order valence-corrected chi connectivity index (χ0v) is 23.2. The van der Waals surface area contributed by atoms with Gasteiger partial charge in [0.05, 0.1) is 17.8 Å². The molecule has 2 fully saturated rings. The van der Waals surface area contributed by atoms with Crippen LogP contribution in [0.2, 0.25) is 0 Å². The highest BCUT2D eigenvalue weighted by atomic mass is 16.4. The summed E-state index contributed by atoms with van der Waals surface area (Å²) in [7, 11) is 0. The standard InChI is InChI=1S/C33H36N4O3/c1-23-18-24(2)29(32(38)36-16-17-37(31(22-36)33(39)40)28-9-4-3-5-10-28)20-27(23)19-25-12-14-35(15-13-25)30-11-7-6-8-26(30)21-34/h3-11,18,20,25,31H,12-17,19,22H2,1-2H3,(H,39,40). The van der Waals surface area contributed by atoms with Crippen molar-refractivity contribution in [1.82, 2.24) is 4.90 Å². The fourth-order valence-corrected chi connectivity index (χ4v) is 6.16. The molecule has 2 saturated heterocycles. The Morgan fingerprint density at radius 2 is 1.62 bits per heavy atom. The number of para-hydroxylation sites is 2. The SMILES string of the molecule is Cc1cc(C)c(C(=O)N2CCN(c3ccccc3)C(C(=O)O)C2)cc1CC1CCN(c2ccccc2C#N)CC1. The molecule has 3 aromatic carbocycles. The number of carboxylic acid groups (broad SMARTS) is 1. The highest BCUT2D eigenvalue weighted by Gasteiger charge is 2.35. The third-order valence-corrected chi connectivity index (χ3v) is 8.44. The molecule has 0 saturated carbocycles. The number of aliphatic carboxylic acids is 1. The van der Waals surface area contributed by atoms with Crippen LogP contribution in [-0.4, -0.2) is 60.6 Å². The maximum absolute atomic E-state index is 13.7. The summed E-state index contributed by atoms with van der Waals surface area (Å²) >= 11 is 0. The average molecular weight is 537 g/mol. The number of hydrogen-bond donors (Lipinski definition) is 1. The molecule has 1 amide bonds. The van der Waals surface area contributed by atoms with E-state index in [0.717, 1.165) is 49.3 Å². The molecule has 7 heteroatoms. The van der Waals surface area contributed by atoms with Gasteiger partial charge in [0.1, 0.15) is 12.1 Å². The maximum Gasteiger partial charge on any atom is 0.328 e. The van der Waals surface area contributed by atoms with Crippen LogP contribution in [0.4, 0.5) is 11.4 Å². The second-order valence-corrected chi connectivity index (χ2v) is 11.0. The first-order valence-electron chi connectivity index (χ1n) is 14.0. The molecule has 2 aliphatic rings. The molecule has 2 heterocycles. The number of carboxylic acids is 1. The smallest absolute Gasteiger partial charge is 0.328 e. The number of benzene rings is 3. The zero-order chi connectivity index (χ0) is 28.2. The summed E-state index contributed by atoms with van der Waals surface area (Å²) in [6.07, 6.45) is 2.95. The Morgan fingerprint density at radius 1 is 0.925 bits per heavy atom. The van der Waals surface area contributed by atoms with Gasteiger partial charge in [-0.05, 0) is 86.1 Å². The summed E-state index contributed by atoms with van der Waals surface area (Å²) in [5.41, 5.74) is 6.54. The van der Waals surface area contributed by atoms with Gasteiger partial charge in [-0.2, -0.15) is 5.26 Å². The van der Waals surface area contributed by atoms with Crippen LogP contribution in [0.5, 0.6) is 0 Å². The molecular weight excluding hydrogens is 500 g/mol. The fraction of sp³-hybridized carbons (Fsp3) is 0.364. The number of hydrogen-bond acceptors (Lipinski definition) is 5. The molecule has 7 nitrogen and oxygen atoms in total. The number of piperazine rings is 1. The molecule has 1 atom stereocenters. The van der Waals surface area contributed by atoms with Gasteiger partial charge in [0, 0.05) is 37.4 Å². The third kappa shape index (κ3) is 5.67. The quantitative estimate of drug-likeness (QED) is 0.474. The molecule has 0 aliphatic carbocycles. The number of anilines is 2. The molecule has 206 valence electrons. The van der Waals surface area contributed by atoms with Crippen molar-refractivity contribution in [2.24, 2.45) is 5.92 Å². The van der Waals surface area contributed by atoms with Crippen LogP contribution in [0, 0.1) is 31.1 Å². The van der Waals surface area contributed by atoms with E-state index < -0.39 is 12.0 Å². The van der Waals surface area contributed by atoms with Crippen LogP contribution in [0.3, 0.4) is 0 Å². The minimum Gasteiger partial charge on any atom is -0.480 e. The van der Waals surface area contributed by atoms with Crippen LogP contribution in [0.15, 0.2) is 66.7 Å². The molecule has 0 radical (unpaired) electrons. The lowest BCUT2D eigenvalue weighted by atomic mass is 9.86. The van der Waals surface area contributed by atoms with E-state index in [1.165, 1.54) is 11.1 Å². The number of nitrogens with zero attached hydrogens (tertiary/aromatic N) is 4. The lowest BCUT2D eigenvalue weighted by Gasteiger charge is -2.41. The maximum atomic E-state index is 13.7. The van der Waals surface area contributed by atoms with E-state index in [0.29, 0.717) is 30.1 Å². The summed E-state index contributed by atoms with van der Waals surface area (Å²) in [5.74, 6) is -0.521. The summed E-state index contributed by atoms with van der Waals surface area (Å²) in [6, 6.07) is 23.0. The number of carbonyl (C=O) groups is 2. The molecule has 40 heavy (non-hydrogen) atoms. The number of rotatable bonds is 6. The van der Waals surface area contributed by atoms with E-state index in [1.807, 2.05) is 72.5 Å². The van der Waals surface area contributed by atoms with Gasteiger partial charge in [-0.15, -0.1) is 0 Å². The Kier molecular flexibility index (Phi) is 8.06. The van der Waals surface area contributed by atoms with Crippen LogP contribution < -0.4 is 9.80 Å².